The lowest BCUT2D eigenvalue weighted by molar-refractivity contribution is -0.144. The minimum Gasteiger partial charge on any atom is -0.480 e. The van der Waals surface area contributed by atoms with E-state index in [-0.39, 0.29) is 19.4 Å². The molecule has 1 N–H and O–H groups in total. The van der Waals surface area contributed by atoms with E-state index in [0.717, 1.165) is 11.9 Å². The highest BCUT2D eigenvalue weighted by Gasteiger charge is 2.35. The van der Waals surface area contributed by atoms with Crippen LogP contribution < -0.4 is 9.80 Å². The number of para-hydroxylation sites is 1. The van der Waals surface area contributed by atoms with Crippen molar-refractivity contribution >= 4 is 29.1 Å². The Hall–Kier alpha value is -3.66. The first-order chi connectivity index (χ1) is 15.9. The maximum atomic E-state index is 15.0. The molecule has 0 saturated carbocycles. The molecule has 1 fully saturated rings. The molecule has 0 aliphatic carbocycles. The second kappa shape index (κ2) is 9.86. The quantitative estimate of drug-likeness (QED) is 0.547. The van der Waals surface area contributed by atoms with Crippen molar-refractivity contribution in [3.05, 3.63) is 66.9 Å². The first kappa shape index (κ1) is 22.5. The molecule has 0 spiro atoms. The van der Waals surface area contributed by atoms with Crippen molar-refractivity contribution in [2.45, 2.75) is 18.5 Å². The van der Waals surface area contributed by atoms with Gasteiger partial charge in [0.2, 0.25) is 0 Å². The molecule has 0 bridgehead atoms. The fourth-order valence-electron chi connectivity index (χ4n) is 3.67. The number of halogens is 2. The number of aliphatic carboxylic acids is 1. The van der Waals surface area contributed by atoms with Crippen LogP contribution in [-0.4, -0.2) is 58.0 Å². The molecule has 0 unspecified atom stereocenters. The molecule has 2 aromatic heterocycles. The Morgan fingerprint density at radius 2 is 1.85 bits per heavy atom. The average Bonchev–Trinajstić information content (AvgIpc) is 2.82. The molecule has 1 aliphatic rings. The van der Waals surface area contributed by atoms with Crippen LogP contribution in [0.5, 0.6) is 0 Å². The molecule has 0 radical (unpaired) electrons. The molecule has 10 heteroatoms. The third-order valence-electron chi connectivity index (χ3n) is 5.36. The number of nitrogens with zero attached hydrogens (tertiary/aromatic N) is 5. The van der Waals surface area contributed by atoms with E-state index in [9.17, 15) is 13.6 Å². The van der Waals surface area contributed by atoms with Gasteiger partial charge in [0.05, 0.1) is 25.2 Å². The highest BCUT2D eigenvalue weighted by Crippen LogP contribution is 2.33. The van der Waals surface area contributed by atoms with Crippen LogP contribution >= 0.6 is 0 Å². The van der Waals surface area contributed by atoms with Crippen LogP contribution in [-0.2, 0) is 9.53 Å². The highest BCUT2D eigenvalue weighted by molar-refractivity contribution is 5.72. The summed E-state index contributed by atoms with van der Waals surface area (Å²) in [4.78, 5) is 27.5. The fraction of sp³-hybridized carbons (Fsp3) is 0.304. The molecule has 1 aliphatic heterocycles. The molecule has 0 amide bonds. The van der Waals surface area contributed by atoms with E-state index in [0.29, 0.717) is 30.5 Å². The van der Waals surface area contributed by atoms with Crippen molar-refractivity contribution in [3.63, 3.8) is 0 Å². The Morgan fingerprint density at radius 3 is 2.52 bits per heavy atom. The third kappa shape index (κ3) is 5.58. The van der Waals surface area contributed by atoms with Gasteiger partial charge in [0, 0.05) is 31.6 Å². The number of piperidine rings is 1. The molecule has 3 heterocycles. The second-order valence-electron chi connectivity index (χ2n) is 7.77. The topological polar surface area (TPSA) is 91.7 Å². The summed E-state index contributed by atoms with van der Waals surface area (Å²) in [6, 6.07) is 12.3. The fourth-order valence-corrected chi connectivity index (χ4v) is 3.67. The number of anilines is 4. The van der Waals surface area contributed by atoms with Crippen LogP contribution in [0.2, 0.25) is 0 Å². The molecule has 1 saturated heterocycles. The lowest BCUT2D eigenvalue weighted by Crippen LogP contribution is -2.45. The number of benzene rings is 1. The Morgan fingerprint density at radius 1 is 1.09 bits per heavy atom. The SMILES string of the molecule is O=C(O)COCC1(F)CCN(c2cncc(N(c3ccccc3)c3ccc(F)cn3)n2)CC1. The summed E-state index contributed by atoms with van der Waals surface area (Å²) in [5, 5.41) is 8.67. The van der Waals surface area contributed by atoms with E-state index in [1.807, 2.05) is 35.2 Å². The predicted molar refractivity (Wildman–Crippen MR) is 118 cm³/mol. The van der Waals surface area contributed by atoms with E-state index in [1.54, 1.807) is 23.4 Å². The number of carboxylic acid groups (broad SMARTS) is 1. The van der Waals surface area contributed by atoms with Crippen LogP contribution in [0.1, 0.15) is 12.8 Å². The Bertz CT molecular complexity index is 1080. The number of pyridine rings is 1. The van der Waals surface area contributed by atoms with Gasteiger partial charge in [-0.3, -0.25) is 9.88 Å². The Balaban J connectivity index is 1.54. The van der Waals surface area contributed by atoms with Crippen LogP contribution in [0.3, 0.4) is 0 Å². The number of hydrogen-bond donors (Lipinski definition) is 1. The number of hydrogen-bond acceptors (Lipinski definition) is 7. The minimum absolute atomic E-state index is 0.181. The largest absolute Gasteiger partial charge is 0.480 e. The minimum atomic E-state index is -1.58. The van der Waals surface area contributed by atoms with Gasteiger partial charge in [0.25, 0.3) is 0 Å². The van der Waals surface area contributed by atoms with E-state index >= 15 is 0 Å². The number of alkyl halides is 1. The molecule has 3 aromatic rings. The van der Waals surface area contributed by atoms with Crippen molar-refractivity contribution in [2.75, 3.05) is 36.1 Å². The number of ether oxygens (including phenoxy) is 1. The molecule has 1 aromatic carbocycles. The number of aromatic nitrogens is 3. The standard InChI is InChI=1S/C23H23F2N5O3/c24-17-6-7-19(27-12-17)30(18-4-2-1-3-5-18)21-14-26-13-20(28-21)29-10-8-23(25,9-11-29)16-33-15-22(31)32/h1-7,12-14H,8-11,15-16H2,(H,31,32). The number of rotatable bonds is 8. The van der Waals surface area contributed by atoms with Crippen molar-refractivity contribution < 1.29 is 23.4 Å². The number of carboxylic acids is 1. The second-order valence-corrected chi connectivity index (χ2v) is 7.77. The summed E-state index contributed by atoms with van der Waals surface area (Å²) in [6.07, 6.45) is 4.70. The van der Waals surface area contributed by atoms with Gasteiger partial charge in [0.15, 0.2) is 5.82 Å². The van der Waals surface area contributed by atoms with Gasteiger partial charge in [-0.15, -0.1) is 0 Å². The third-order valence-corrected chi connectivity index (χ3v) is 5.36. The van der Waals surface area contributed by atoms with Crippen molar-refractivity contribution in [1.82, 2.24) is 15.0 Å². The molecule has 8 nitrogen and oxygen atoms in total. The maximum Gasteiger partial charge on any atom is 0.329 e. The van der Waals surface area contributed by atoms with Crippen molar-refractivity contribution in [3.8, 4) is 0 Å². The normalized spacial score (nSPS) is 15.3. The van der Waals surface area contributed by atoms with E-state index < -0.39 is 24.1 Å². The van der Waals surface area contributed by atoms with Gasteiger partial charge in [-0.05, 0) is 24.3 Å². The predicted octanol–water partition coefficient (Wildman–Crippen LogP) is 3.89. The highest BCUT2D eigenvalue weighted by atomic mass is 19.1. The summed E-state index contributed by atoms with van der Waals surface area (Å²) in [5.74, 6) is -0.0292. The molecular weight excluding hydrogens is 432 g/mol. The average molecular weight is 455 g/mol. The van der Waals surface area contributed by atoms with Crippen molar-refractivity contribution in [1.29, 1.82) is 0 Å². The van der Waals surface area contributed by atoms with E-state index in [2.05, 4.69) is 9.97 Å². The zero-order valence-corrected chi connectivity index (χ0v) is 17.8. The molecule has 4 rings (SSSR count). The van der Waals surface area contributed by atoms with Gasteiger partial charge in [0.1, 0.15) is 29.7 Å². The van der Waals surface area contributed by atoms with Crippen LogP contribution in [0.15, 0.2) is 61.1 Å². The summed E-state index contributed by atoms with van der Waals surface area (Å²) in [6.45, 7) is -0.0110. The zero-order valence-electron chi connectivity index (χ0n) is 17.8. The Kier molecular flexibility index (Phi) is 6.74. The Labute approximate surface area is 189 Å². The lowest BCUT2D eigenvalue weighted by atomic mass is 9.94. The molecule has 33 heavy (non-hydrogen) atoms. The summed E-state index contributed by atoms with van der Waals surface area (Å²) >= 11 is 0. The van der Waals surface area contributed by atoms with Gasteiger partial charge >= 0.3 is 5.97 Å². The van der Waals surface area contributed by atoms with Gasteiger partial charge in [-0.2, -0.15) is 0 Å². The van der Waals surface area contributed by atoms with Gasteiger partial charge in [-0.1, -0.05) is 18.2 Å². The summed E-state index contributed by atoms with van der Waals surface area (Å²) in [5.41, 5.74) is -0.800. The van der Waals surface area contributed by atoms with E-state index in [4.69, 9.17) is 14.8 Å². The van der Waals surface area contributed by atoms with Gasteiger partial charge in [-0.25, -0.2) is 23.5 Å². The van der Waals surface area contributed by atoms with Crippen LogP contribution in [0.4, 0.5) is 31.9 Å². The zero-order chi connectivity index (χ0) is 23.3. The van der Waals surface area contributed by atoms with Crippen LogP contribution in [0, 0.1) is 5.82 Å². The maximum absolute atomic E-state index is 15.0. The first-order valence-electron chi connectivity index (χ1n) is 10.5. The van der Waals surface area contributed by atoms with E-state index in [1.165, 1.54) is 6.07 Å². The first-order valence-corrected chi connectivity index (χ1v) is 10.5. The summed E-state index contributed by atoms with van der Waals surface area (Å²) in [7, 11) is 0. The summed E-state index contributed by atoms with van der Waals surface area (Å²) < 4.78 is 33.4. The lowest BCUT2D eigenvalue weighted by Gasteiger charge is -2.36. The van der Waals surface area contributed by atoms with Crippen LogP contribution in [0.25, 0.3) is 0 Å². The molecule has 172 valence electrons. The monoisotopic (exact) mass is 455 g/mol. The van der Waals surface area contributed by atoms with Crippen molar-refractivity contribution in [2.24, 2.45) is 0 Å². The number of carbonyl (C=O) groups is 1. The van der Waals surface area contributed by atoms with Gasteiger partial charge < -0.3 is 14.7 Å². The molecular formula is C23H23F2N5O3. The smallest absolute Gasteiger partial charge is 0.329 e. The molecule has 0 atom stereocenters.